The van der Waals surface area contributed by atoms with E-state index in [0.29, 0.717) is 24.2 Å². The molecule has 1 atom stereocenters. The van der Waals surface area contributed by atoms with Crippen molar-refractivity contribution < 1.29 is 4.39 Å². The standard InChI is InChI=1S/C16H19FN4/c1-3-18-16-19-9-13(17)15(20-16)21-10-11(2)8-12-6-4-5-7-14(12)21/h4-7,9,11H,3,8,10H2,1-2H3,(H,18,19,20). The molecule has 0 bridgehead atoms. The third-order valence-electron chi connectivity index (χ3n) is 3.66. The Balaban J connectivity index is 2.06. The summed E-state index contributed by atoms with van der Waals surface area (Å²) in [5.41, 5.74) is 2.27. The van der Waals surface area contributed by atoms with Crippen LogP contribution in [-0.2, 0) is 6.42 Å². The lowest BCUT2D eigenvalue weighted by Gasteiger charge is -2.34. The molecule has 0 fully saturated rings. The monoisotopic (exact) mass is 286 g/mol. The van der Waals surface area contributed by atoms with Gasteiger partial charge in [-0.25, -0.2) is 9.37 Å². The number of fused-ring (bicyclic) bond motifs is 1. The van der Waals surface area contributed by atoms with E-state index < -0.39 is 0 Å². The van der Waals surface area contributed by atoms with E-state index in [1.54, 1.807) is 0 Å². The number of nitrogens with one attached hydrogen (secondary N) is 1. The van der Waals surface area contributed by atoms with Crippen molar-refractivity contribution in [3.63, 3.8) is 0 Å². The molecule has 1 unspecified atom stereocenters. The van der Waals surface area contributed by atoms with Crippen molar-refractivity contribution >= 4 is 17.5 Å². The number of hydrogen-bond donors (Lipinski definition) is 1. The molecule has 0 aliphatic carbocycles. The average molecular weight is 286 g/mol. The molecule has 110 valence electrons. The Morgan fingerprint density at radius 1 is 1.38 bits per heavy atom. The lowest BCUT2D eigenvalue weighted by Crippen LogP contribution is -2.31. The van der Waals surface area contributed by atoms with E-state index in [0.717, 1.165) is 18.7 Å². The molecule has 1 aromatic carbocycles. The lowest BCUT2D eigenvalue weighted by molar-refractivity contribution is 0.546. The van der Waals surface area contributed by atoms with Gasteiger partial charge in [0.2, 0.25) is 5.95 Å². The molecule has 0 radical (unpaired) electrons. The number of para-hydroxylation sites is 1. The molecule has 1 aliphatic heterocycles. The van der Waals surface area contributed by atoms with Gasteiger partial charge in [0.25, 0.3) is 0 Å². The number of aromatic nitrogens is 2. The van der Waals surface area contributed by atoms with Crippen LogP contribution in [0.25, 0.3) is 0 Å². The van der Waals surface area contributed by atoms with Crippen LogP contribution in [0.2, 0.25) is 0 Å². The molecule has 1 N–H and O–H groups in total. The molecule has 21 heavy (non-hydrogen) atoms. The van der Waals surface area contributed by atoms with E-state index in [2.05, 4.69) is 28.3 Å². The number of halogens is 1. The van der Waals surface area contributed by atoms with E-state index in [1.807, 2.05) is 30.0 Å². The molecule has 0 spiro atoms. The smallest absolute Gasteiger partial charge is 0.224 e. The fourth-order valence-corrected chi connectivity index (χ4v) is 2.79. The second-order valence-corrected chi connectivity index (χ2v) is 5.44. The van der Waals surface area contributed by atoms with Crippen molar-refractivity contribution in [1.29, 1.82) is 0 Å². The molecule has 3 rings (SSSR count). The van der Waals surface area contributed by atoms with Gasteiger partial charge >= 0.3 is 0 Å². The van der Waals surface area contributed by atoms with Crippen molar-refractivity contribution in [2.45, 2.75) is 20.3 Å². The Morgan fingerprint density at radius 2 is 2.19 bits per heavy atom. The van der Waals surface area contributed by atoms with Gasteiger partial charge in [0.15, 0.2) is 11.6 Å². The van der Waals surface area contributed by atoms with Crippen molar-refractivity contribution in [2.75, 3.05) is 23.3 Å². The summed E-state index contributed by atoms with van der Waals surface area (Å²) >= 11 is 0. The highest BCUT2D eigenvalue weighted by Gasteiger charge is 2.25. The van der Waals surface area contributed by atoms with Crippen LogP contribution in [0, 0.1) is 11.7 Å². The third kappa shape index (κ3) is 2.68. The van der Waals surface area contributed by atoms with Crippen LogP contribution >= 0.6 is 0 Å². The van der Waals surface area contributed by atoms with Gasteiger partial charge in [-0.1, -0.05) is 25.1 Å². The Hall–Kier alpha value is -2.17. The van der Waals surface area contributed by atoms with Crippen LogP contribution in [0.1, 0.15) is 19.4 Å². The van der Waals surface area contributed by atoms with Crippen molar-refractivity contribution in [3.8, 4) is 0 Å². The quantitative estimate of drug-likeness (QED) is 0.939. The van der Waals surface area contributed by atoms with Crippen LogP contribution in [-0.4, -0.2) is 23.1 Å². The first kappa shape index (κ1) is 13.8. The van der Waals surface area contributed by atoms with Crippen LogP contribution in [0.3, 0.4) is 0 Å². The number of hydrogen-bond acceptors (Lipinski definition) is 4. The second-order valence-electron chi connectivity index (χ2n) is 5.44. The first-order chi connectivity index (χ1) is 10.2. The van der Waals surface area contributed by atoms with Crippen LogP contribution in [0.5, 0.6) is 0 Å². The second kappa shape index (κ2) is 5.68. The van der Waals surface area contributed by atoms with Crippen LogP contribution in [0.15, 0.2) is 30.5 Å². The molecular formula is C16H19FN4. The van der Waals surface area contributed by atoms with Gasteiger partial charge in [0, 0.05) is 18.8 Å². The van der Waals surface area contributed by atoms with Gasteiger partial charge in [0.1, 0.15) is 0 Å². The highest BCUT2D eigenvalue weighted by molar-refractivity contribution is 5.66. The summed E-state index contributed by atoms with van der Waals surface area (Å²) < 4.78 is 14.2. The molecule has 0 saturated carbocycles. The van der Waals surface area contributed by atoms with Crippen LogP contribution < -0.4 is 10.2 Å². The van der Waals surface area contributed by atoms with Gasteiger partial charge in [-0.2, -0.15) is 4.98 Å². The Labute approximate surface area is 124 Å². The summed E-state index contributed by atoms with van der Waals surface area (Å²) in [6, 6.07) is 8.12. The number of anilines is 3. The third-order valence-corrected chi connectivity index (χ3v) is 3.66. The van der Waals surface area contributed by atoms with E-state index >= 15 is 0 Å². The minimum atomic E-state index is -0.388. The Bertz CT molecular complexity index is 644. The maximum atomic E-state index is 14.2. The summed E-state index contributed by atoms with van der Waals surface area (Å²) in [5, 5.41) is 3.03. The van der Waals surface area contributed by atoms with Gasteiger partial charge in [-0.3, -0.25) is 0 Å². The predicted octanol–water partition coefficient (Wildman–Crippen LogP) is 3.38. The highest BCUT2D eigenvalue weighted by Crippen LogP contribution is 2.35. The molecule has 2 heterocycles. The lowest BCUT2D eigenvalue weighted by atomic mass is 9.94. The zero-order valence-corrected chi connectivity index (χ0v) is 12.3. The van der Waals surface area contributed by atoms with E-state index in [1.165, 1.54) is 11.8 Å². The fraction of sp³-hybridized carbons (Fsp3) is 0.375. The SMILES string of the molecule is CCNc1ncc(F)c(N2CC(C)Cc3ccccc32)n1. The summed E-state index contributed by atoms with van der Waals surface area (Å²) in [6.45, 7) is 5.60. The van der Waals surface area contributed by atoms with Crippen molar-refractivity contribution in [3.05, 3.63) is 41.8 Å². The molecule has 2 aromatic rings. The largest absolute Gasteiger partial charge is 0.354 e. The molecule has 4 nitrogen and oxygen atoms in total. The van der Waals surface area contributed by atoms with Crippen molar-refractivity contribution in [1.82, 2.24) is 9.97 Å². The zero-order chi connectivity index (χ0) is 14.8. The Morgan fingerprint density at radius 3 is 3.00 bits per heavy atom. The average Bonchev–Trinajstić information content (AvgIpc) is 2.48. The maximum Gasteiger partial charge on any atom is 0.224 e. The fourth-order valence-electron chi connectivity index (χ4n) is 2.79. The molecule has 0 amide bonds. The zero-order valence-electron chi connectivity index (χ0n) is 12.3. The van der Waals surface area contributed by atoms with Gasteiger partial charge in [-0.15, -0.1) is 0 Å². The first-order valence-electron chi connectivity index (χ1n) is 7.31. The number of nitrogens with zero attached hydrogens (tertiary/aromatic N) is 3. The molecule has 1 aliphatic rings. The summed E-state index contributed by atoms with van der Waals surface area (Å²) in [4.78, 5) is 10.3. The Kier molecular flexibility index (Phi) is 3.73. The molecule has 0 saturated heterocycles. The molecule has 1 aromatic heterocycles. The predicted molar refractivity (Wildman–Crippen MR) is 82.5 cm³/mol. The molecular weight excluding hydrogens is 267 g/mol. The van der Waals surface area contributed by atoms with Gasteiger partial charge < -0.3 is 10.2 Å². The minimum absolute atomic E-state index is 0.347. The summed E-state index contributed by atoms with van der Waals surface area (Å²) in [6.07, 6.45) is 2.25. The van der Waals surface area contributed by atoms with E-state index in [-0.39, 0.29) is 5.82 Å². The van der Waals surface area contributed by atoms with Gasteiger partial charge in [0.05, 0.1) is 6.20 Å². The van der Waals surface area contributed by atoms with Crippen molar-refractivity contribution in [2.24, 2.45) is 5.92 Å². The van der Waals surface area contributed by atoms with E-state index in [9.17, 15) is 4.39 Å². The number of benzene rings is 1. The molecule has 5 heteroatoms. The number of rotatable bonds is 3. The topological polar surface area (TPSA) is 41.1 Å². The van der Waals surface area contributed by atoms with Crippen LogP contribution in [0.4, 0.5) is 21.8 Å². The maximum absolute atomic E-state index is 14.2. The minimum Gasteiger partial charge on any atom is -0.354 e. The highest BCUT2D eigenvalue weighted by atomic mass is 19.1. The normalized spacial score (nSPS) is 17.5. The first-order valence-corrected chi connectivity index (χ1v) is 7.31. The van der Waals surface area contributed by atoms with E-state index in [4.69, 9.17) is 0 Å². The van der Waals surface area contributed by atoms with Gasteiger partial charge in [-0.05, 0) is 30.9 Å². The summed E-state index contributed by atoms with van der Waals surface area (Å²) in [7, 11) is 0. The summed E-state index contributed by atoms with van der Waals surface area (Å²) in [5.74, 6) is 0.877.